The van der Waals surface area contributed by atoms with Gasteiger partial charge in [0.25, 0.3) is 0 Å². The number of aromatic nitrogens is 1. The first-order valence-corrected chi connectivity index (χ1v) is 7.54. The zero-order valence-corrected chi connectivity index (χ0v) is 12.8. The fourth-order valence-corrected chi connectivity index (χ4v) is 2.75. The van der Waals surface area contributed by atoms with Crippen LogP contribution in [-0.2, 0) is 4.79 Å². The number of rotatable bonds is 3. The number of aliphatic carboxylic acids is 1. The summed E-state index contributed by atoms with van der Waals surface area (Å²) in [7, 11) is 0. The van der Waals surface area contributed by atoms with Crippen molar-refractivity contribution in [1.82, 2.24) is 4.98 Å². The Kier molecular flexibility index (Phi) is 4.02. The molecule has 2 aromatic rings. The fourth-order valence-electron chi connectivity index (χ4n) is 2.75. The number of carbonyl (C=O) groups is 1. The first-order chi connectivity index (χ1) is 11.1. The lowest BCUT2D eigenvalue weighted by atomic mass is 9.97. The van der Waals surface area contributed by atoms with Crippen molar-refractivity contribution < 1.29 is 14.3 Å². The summed E-state index contributed by atoms with van der Waals surface area (Å²) in [6, 6.07) is 9.80. The maximum absolute atomic E-state index is 11.0. The molecule has 0 aliphatic carbocycles. The van der Waals surface area contributed by atoms with Crippen LogP contribution in [0.5, 0.6) is 0 Å². The van der Waals surface area contributed by atoms with E-state index in [0.29, 0.717) is 37.7 Å². The van der Waals surface area contributed by atoms with Gasteiger partial charge in [0.15, 0.2) is 0 Å². The van der Waals surface area contributed by atoms with E-state index in [0.717, 1.165) is 11.1 Å². The molecular formula is C17H17N3O3. The molecule has 0 bridgehead atoms. The van der Waals surface area contributed by atoms with Gasteiger partial charge in [0.1, 0.15) is 6.07 Å². The maximum Gasteiger partial charge on any atom is 0.306 e. The first kappa shape index (κ1) is 15.1. The van der Waals surface area contributed by atoms with Crippen LogP contribution in [0.4, 0.5) is 5.88 Å². The summed E-state index contributed by atoms with van der Waals surface area (Å²) in [4.78, 5) is 17.2. The van der Waals surface area contributed by atoms with Crippen molar-refractivity contribution in [3.63, 3.8) is 0 Å². The van der Waals surface area contributed by atoms with Gasteiger partial charge in [0, 0.05) is 18.7 Å². The van der Waals surface area contributed by atoms with Crippen LogP contribution in [0, 0.1) is 24.2 Å². The minimum absolute atomic E-state index is 0.245. The van der Waals surface area contributed by atoms with Crippen LogP contribution in [-0.4, -0.2) is 29.1 Å². The summed E-state index contributed by atoms with van der Waals surface area (Å²) >= 11 is 0. The monoisotopic (exact) mass is 311 g/mol. The van der Waals surface area contributed by atoms with E-state index in [9.17, 15) is 10.1 Å². The molecule has 3 rings (SSSR count). The average molecular weight is 311 g/mol. The third kappa shape index (κ3) is 3.04. The Hall–Kier alpha value is -2.81. The summed E-state index contributed by atoms with van der Waals surface area (Å²) in [5.74, 6) is -0.233. The number of carboxylic acid groups (broad SMARTS) is 1. The van der Waals surface area contributed by atoms with Gasteiger partial charge in [0.05, 0.1) is 5.92 Å². The lowest BCUT2D eigenvalue weighted by Crippen LogP contribution is -2.36. The van der Waals surface area contributed by atoms with Gasteiger partial charge in [-0.3, -0.25) is 4.79 Å². The van der Waals surface area contributed by atoms with Crippen LogP contribution in [0.3, 0.4) is 0 Å². The van der Waals surface area contributed by atoms with Crippen LogP contribution >= 0.6 is 0 Å². The van der Waals surface area contributed by atoms with Gasteiger partial charge in [-0.05, 0) is 31.9 Å². The van der Waals surface area contributed by atoms with Gasteiger partial charge >= 0.3 is 5.97 Å². The number of hydrogen-bond acceptors (Lipinski definition) is 5. The Labute approximate surface area is 134 Å². The minimum Gasteiger partial charge on any atom is -0.481 e. The summed E-state index contributed by atoms with van der Waals surface area (Å²) in [6.07, 6.45) is 1.08. The van der Waals surface area contributed by atoms with Crippen molar-refractivity contribution in [2.24, 2.45) is 5.92 Å². The zero-order chi connectivity index (χ0) is 16.4. The lowest BCUT2D eigenvalue weighted by molar-refractivity contribution is -0.142. The van der Waals surface area contributed by atoms with E-state index >= 15 is 0 Å². The number of nitrogens with zero attached hydrogens (tertiary/aromatic N) is 3. The smallest absolute Gasteiger partial charge is 0.306 e. The topological polar surface area (TPSA) is 90.4 Å². The van der Waals surface area contributed by atoms with Crippen molar-refractivity contribution in [3.8, 4) is 17.5 Å². The van der Waals surface area contributed by atoms with Crippen LogP contribution in [0.1, 0.15) is 24.1 Å². The molecule has 0 amide bonds. The van der Waals surface area contributed by atoms with Crippen molar-refractivity contribution >= 4 is 11.9 Å². The number of anilines is 1. The molecule has 23 heavy (non-hydrogen) atoms. The van der Waals surface area contributed by atoms with Gasteiger partial charge in [-0.1, -0.05) is 17.7 Å². The highest BCUT2D eigenvalue weighted by Crippen LogP contribution is 2.31. The molecule has 1 aliphatic heterocycles. The van der Waals surface area contributed by atoms with Crippen molar-refractivity contribution in [1.29, 1.82) is 5.26 Å². The number of carboxylic acids is 1. The molecule has 0 spiro atoms. The van der Waals surface area contributed by atoms with E-state index in [4.69, 9.17) is 9.52 Å². The van der Waals surface area contributed by atoms with Gasteiger partial charge in [-0.15, -0.1) is 0 Å². The van der Waals surface area contributed by atoms with Crippen LogP contribution in [0.2, 0.25) is 0 Å². The molecule has 0 unspecified atom stereocenters. The molecule has 1 aliphatic rings. The van der Waals surface area contributed by atoms with Gasteiger partial charge < -0.3 is 14.4 Å². The molecular weight excluding hydrogens is 294 g/mol. The van der Waals surface area contributed by atoms with E-state index < -0.39 is 5.97 Å². The van der Waals surface area contributed by atoms with E-state index in [-0.39, 0.29) is 11.6 Å². The van der Waals surface area contributed by atoms with Gasteiger partial charge in [-0.25, -0.2) is 0 Å². The molecule has 0 saturated carbocycles. The Bertz CT molecular complexity index is 750. The molecule has 1 fully saturated rings. The number of aryl methyl sites for hydroxylation is 1. The molecule has 1 saturated heterocycles. The van der Waals surface area contributed by atoms with E-state index in [1.165, 1.54) is 0 Å². The van der Waals surface area contributed by atoms with Crippen LogP contribution in [0.15, 0.2) is 28.7 Å². The highest BCUT2D eigenvalue weighted by Gasteiger charge is 2.28. The molecule has 1 aromatic carbocycles. The molecule has 6 nitrogen and oxygen atoms in total. The second-order valence-corrected chi connectivity index (χ2v) is 5.75. The molecule has 118 valence electrons. The minimum atomic E-state index is -0.761. The quantitative estimate of drug-likeness (QED) is 0.937. The second-order valence-electron chi connectivity index (χ2n) is 5.75. The number of piperidine rings is 1. The SMILES string of the molecule is Cc1ccc(-c2nc(C#N)c(N3CCC(C(=O)O)CC3)o2)cc1. The van der Waals surface area contributed by atoms with Crippen molar-refractivity contribution in [2.75, 3.05) is 18.0 Å². The fraction of sp³-hybridized carbons (Fsp3) is 0.353. The number of benzene rings is 1. The summed E-state index contributed by atoms with van der Waals surface area (Å²) in [6.45, 7) is 3.10. The summed E-state index contributed by atoms with van der Waals surface area (Å²) in [5.41, 5.74) is 2.20. The molecule has 2 heterocycles. The summed E-state index contributed by atoms with van der Waals surface area (Å²) in [5, 5.41) is 18.4. The second kappa shape index (κ2) is 6.13. The van der Waals surface area contributed by atoms with Gasteiger partial charge in [-0.2, -0.15) is 10.2 Å². The van der Waals surface area contributed by atoms with Crippen molar-refractivity contribution in [3.05, 3.63) is 35.5 Å². The zero-order valence-electron chi connectivity index (χ0n) is 12.8. The normalized spacial score (nSPS) is 15.4. The predicted octanol–water partition coefficient (Wildman–Crippen LogP) is 2.82. The predicted molar refractivity (Wildman–Crippen MR) is 84.0 cm³/mol. The third-order valence-corrected chi connectivity index (χ3v) is 4.15. The Morgan fingerprint density at radius 3 is 2.57 bits per heavy atom. The molecule has 1 N–H and O–H groups in total. The summed E-state index contributed by atoms with van der Waals surface area (Å²) < 4.78 is 5.81. The maximum atomic E-state index is 11.0. The van der Waals surface area contributed by atoms with Crippen LogP contribution < -0.4 is 4.90 Å². The third-order valence-electron chi connectivity index (χ3n) is 4.15. The Morgan fingerprint density at radius 1 is 1.35 bits per heavy atom. The number of hydrogen-bond donors (Lipinski definition) is 1. The average Bonchev–Trinajstić information content (AvgIpc) is 3.00. The number of oxazole rings is 1. The van der Waals surface area contributed by atoms with Gasteiger partial charge in [0.2, 0.25) is 17.5 Å². The highest BCUT2D eigenvalue weighted by molar-refractivity contribution is 5.70. The van der Waals surface area contributed by atoms with Crippen LogP contribution in [0.25, 0.3) is 11.5 Å². The molecule has 0 radical (unpaired) electrons. The first-order valence-electron chi connectivity index (χ1n) is 7.54. The molecule has 0 atom stereocenters. The largest absolute Gasteiger partial charge is 0.481 e. The number of nitriles is 1. The highest BCUT2D eigenvalue weighted by atomic mass is 16.4. The molecule has 6 heteroatoms. The lowest BCUT2D eigenvalue weighted by Gasteiger charge is -2.29. The standard InChI is InChI=1S/C17H17N3O3/c1-11-2-4-12(5-3-11)15-19-14(10-18)16(23-15)20-8-6-13(7-9-20)17(21)22/h2-5,13H,6-9H2,1H3,(H,21,22). The van der Waals surface area contributed by atoms with Crippen molar-refractivity contribution in [2.45, 2.75) is 19.8 Å². The van der Waals surface area contributed by atoms with E-state index in [1.54, 1.807) is 0 Å². The van der Waals surface area contributed by atoms with E-state index in [1.807, 2.05) is 36.1 Å². The van der Waals surface area contributed by atoms with E-state index in [2.05, 4.69) is 11.1 Å². The molecule has 1 aromatic heterocycles. The Balaban J connectivity index is 1.84. The Morgan fingerprint density at radius 2 is 2.00 bits per heavy atom.